The van der Waals surface area contributed by atoms with E-state index in [-0.39, 0.29) is 30.7 Å². The molecule has 2 amide bonds. The molecule has 9 heteroatoms. The van der Waals surface area contributed by atoms with Crippen LogP contribution in [0, 0.1) is 6.92 Å². The first kappa shape index (κ1) is 29.0. The lowest BCUT2D eigenvalue weighted by Gasteiger charge is -2.41. The van der Waals surface area contributed by atoms with Gasteiger partial charge in [0.15, 0.2) is 0 Å². The van der Waals surface area contributed by atoms with Crippen LogP contribution in [0.3, 0.4) is 0 Å². The van der Waals surface area contributed by atoms with Crippen molar-refractivity contribution in [3.05, 3.63) is 89.9 Å². The number of piperidine rings is 2. The minimum Gasteiger partial charge on any atom is -0.338 e. The summed E-state index contributed by atoms with van der Waals surface area (Å²) in [6.07, 6.45) is 5.91. The molecule has 2 aromatic carbocycles. The zero-order chi connectivity index (χ0) is 30.0. The number of benzene rings is 2. The normalized spacial score (nSPS) is 17.7. The lowest BCUT2D eigenvalue weighted by atomic mass is 9.98. The number of carbonyl (C=O) groups is 2. The summed E-state index contributed by atoms with van der Waals surface area (Å²) < 4.78 is 29.4. The topological polar surface area (TPSA) is 70.5 Å². The SMILES string of the molecule is Cc1c(C(=O)N2CCC(N3CCC(F)(F)CC3)CC2)c2ccccc2n1-c1ccc(NC(=O)CCc2cccnc2)cc1. The van der Waals surface area contributed by atoms with E-state index in [9.17, 15) is 18.4 Å². The van der Waals surface area contributed by atoms with Crippen LogP contribution in [-0.2, 0) is 11.2 Å². The summed E-state index contributed by atoms with van der Waals surface area (Å²) in [7, 11) is 0. The lowest BCUT2D eigenvalue weighted by molar-refractivity contribution is -0.116. The molecule has 2 fully saturated rings. The molecular formula is C34H37F2N5O2. The summed E-state index contributed by atoms with van der Waals surface area (Å²) in [5.74, 6) is -2.60. The first-order valence-corrected chi connectivity index (χ1v) is 15.1. The predicted molar refractivity (Wildman–Crippen MR) is 164 cm³/mol. The van der Waals surface area contributed by atoms with Crippen LogP contribution in [0.2, 0.25) is 0 Å². The number of amides is 2. The Labute approximate surface area is 250 Å². The van der Waals surface area contributed by atoms with E-state index >= 15 is 0 Å². The van der Waals surface area contributed by atoms with Gasteiger partial charge in [-0.05, 0) is 68.1 Å². The molecule has 0 radical (unpaired) electrons. The monoisotopic (exact) mass is 585 g/mol. The number of hydrogen-bond acceptors (Lipinski definition) is 4. The lowest BCUT2D eigenvalue weighted by Crippen LogP contribution is -2.50. The van der Waals surface area contributed by atoms with Gasteiger partial charge < -0.3 is 14.8 Å². The largest absolute Gasteiger partial charge is 0.338 e. The van der Waals surface area contributed by atoms with Gasteiger partial charge in [-0.2, -0.15) is 0 Å². The second kappa shape index (κ2) is 12.2. The van der Waals surface area contributed by atoms with E-state index in [4.69, 9.17) is 0 Å². The smallest absolute Gasteiger partial charge is 0.256 e. The molecule has 6 rings (SSSR count). The number of carbonyl (C=O) groups excluding carboxylic acids is 2. The fraction of sp³-hybridized carbons (Fsp3) is 0.382. The van der Waals surface area contributed by atoms with Crippen molar-refractivity contribution in [3.63, 3.8) is 0 Å². The minimum absolute atomic E-state index is 0.00794. The van der Waals surface area contributed by atoms with Crippen molar-refractivity contribution in [2.75, 3.05) is 31.5 Å². The number of anilines is 1. The van der Waals surface area contributed by atoms with Crippen LogP contribution < -0.4 is 5.32 Å². The van der Waals surface area contributed by atoms with Crippen molar-refractivity contribution < 1.29 is 18.4 Å². The van der Waals surface area contributed by atoms with Crippen LogP contribution in [0.5, 0.6) is 0 Å². The van der Waals surface area contributed by atoms with Crippen molar-refractivity contribution in [2.45, 2.75) is 57.4 Å². The molecule has 0 aliphatic carbocycles. The van der Waals surface area contributed by atoms with Gasteiger partial charge in [0.05, 0.1) is 11.1 Å². The number of pyridine rings is 1. The highest BCUT2D eigenvalue weighted by atomic mass is 19.3. The zero-order valence-electron chi connectivity index (χ0n) is 24.4. The second-order valence-corrected chi connectivity index (χ2v) is 11.7. The minimum atomic E-state index is -2.55. The van der Waals surface area contributed by atoms with E-state index in [0.29, 0.717) is 50.3 Å². The summed E-state index contributed by atoms with van der Waals surface area (Å²) in [6, 6.07) is 19.7. The highest BCUT2D eigenvalue weighted by Crippen LogP contribution is 2.33. The van der Waals surface area contributed by atoms with Crippen LogP contribution in [0.15, 0.2) is 73.1 Å². The zero-order valence-corrected chi connectivity index (χ0v) is 24.4. The summed E-state index contributed by atoms with van der Waals surface area (Å²) >= 11 is 0. The molecule has 2 aliphatic rings. The van der Waals surface area contributed by atoms with Gasteiger partial charge in [0.1, 0.15) is 0 Å². The molecule has 7 nitrogen and oxygen atoms in total. The number of para-hydroxylation sites is 1. The third-order valence-corrected chi connectivity index (χ3v) is 8.90. The van der Waals surface area contributed by atoms with Crippen LogP contribution in [-0.4, -0.2) is 69.3 Å². The standard InChI is InChI=1S/C34H37F2N5O2/c1-24-32(33(43)40-19-14-27(15-20-40)39-21-16-34(35,36)17-22-39)29-6-2-3-7-30(29)41(24)28-11-9-26(10-12-28)38-31(42)13-8-25-5-4-18-37-23-25/h2-7,9-12,18,23,27H,8,13-17,19-22H2,1H3,(H,38,42). The average molecular weight is 586 g/mol. The Morgan fingerprint density at radius 2 is 1.67 bits per heavy atom. The molecule has 1 N–H and O–H groups in total. The fourth-order valence-electron chi connectivity index (χ4n) is 6.50. The van der Waals surface area contributed by atoms with E-state index in [1.165, 1.54) is 0 Å². The highest BCUT2D eigenvalue weighted by molar-refractivity contribution is 6.09. The first-order valence-electron chi connectivity index (χ1n) is 15.1. The predicted octanol–water partition coefficient (Wildman–Crippen LogP) is 6.24. The van der Waals surface area contributed by atoms with Crippen molar-refractivity contribution in [1.29, 1.82) is 0 Å². The molecule has 0 atom stereocenters. The number of aryl methyl sites for hydroxylation is 1. The summed E-state index contributed by atoms with van der Waals surface area (Å²) in [5.41, 5.74) is 5.14. The Bertz CT molecular complexity index is 1580. The maximum Gasteiger partial charge on any atom is 0.256 e. The molecule has 2 saturated heterocycles. The number of hydrogen-bond donors (Lipinski definition) is 1. The Morgan fingerprint density at radius 1 is 0.953 bits per heavy atom. The van der Waals surface area contributed by atoms with Gasteiger partial charge in [-0.1, -0.05) is 24.3 Å². The van der Waals surface area contributed by atoms with Crippen LogP contribution in [0.25, 0.3) is 16.6 Å². The van der Waals surface area contributed by atoms with E-state index in [1.807, 2.05) is 72.5 Å². The number of nitrogens with zero attached hydrogens (tertiary/aromatic N) is 4. The number of fused-ring (bicyclic) bond motifs is 1. The summed E-state index contributed by atoms with van der Waals surface area (Å²) in [6.45, 7) is 4.05. The number of nitrogens with one attached hydrogen (secondary N) is 1. The Balaban J connectivity index is 1.15. The quantitative estimate of drug-likeness (QED) is 0.279. The maximum absolute atomic E-state index is 13.9. The molecule has 0 unspecified atom stereocenters. The van der Waals surface area contributed by atoms with E-state index in [1.54, 1.807) is 12.4 Å². The number of halogens is 2. The summed E-state index contributed by atoms with van der Waals surface area (Å²) in [4.78, 5) is 34.7. The molecule has 43 heavy (non-hydrogen) atoms. The molecule has 2 aromatic heterocycles. The van der Waals surface area contributed by atoms with E-state index in [2.05, 4.69) is 19.8 Å². The van der Waals surface area contributed by atoms with Gasteiger partial charge in [0.25, 0.3) is 11.8 Å². The van der Waals surface area contributed by atoms with Crippen molar-refractivity contribution in [3.8, 4) is 5.69 Å². The molecule has 0 saturated carbocycles. The van der Waals surface area contributed by atoms with Gasteiger partial charge in [-0.15, -0.1) is 0 Å². The number of aromatic nitrogens is 2. The maximum atomic E-state index is 13.9. The second-order valence-electron chi connectivity index (χ2n) is 11.7. The van der Waals surface area contributed by atoms with Crippen LogP contribution in [0.1, 0.15) is 53.7 Å². The van der Waals surface area contributed by atoms with E-state index < -0.39 is 5.92 Å². The van der Waals surface area contributed by atoms with Crippen molar-refractivity contribution >= 4 is 28.4 Å². The molecule has 2 aliphatic heterocycles. The molecule has 4 heterocycles. The number of alkyl halides is 2. The molecular weight excluding hydrogens is 548 g/mol. The van der Waals surface area contributed by atoms with Gasteiger partial charge in [0, 0.05) is 86.3 Å². The van der Waals surface area contributed by atoms with Gasteiger partial charge in [-0.3, -0.25) is 19.5 Å². The third-order valence-electron chi connectivity index (χ3n) is 8.90. The molecule has 224 valence electrons. The Hall–Kier alpha value is -4.11. The van der Waals surface area contributed by atoms with Gasteiger partial charge in [-0.25, -0.2) is 8.78 Å². The fourth-order valence-corrected chi connectivity index (χ4v) is 6.50. The van der Waals surface area contributed by atoms with E-state index in [0.717, 1.165) is 40.7 Å². The number of likely N-dealkylation sites (tertiary alicyclic amines) is 2. The first-order chi connectivity index (χ1) is 20.8. The summed E-state index contributed by atoms with van der Waals surface area (Å²) in [5, 5.41) is 3.87. The van der Waals surface area contributed by atoms with Gasteiger partial charge in [0.2, 0.25) is 5.91 Å². The molecule has 4 aromatic rings. The average Bonchev–Trinajstić information content (AvgIpc) is 3.32. The van der Waals surface area contributed by atoms with Crippen LogP contribution in [0.4, 0.5) is 14.5 Å². The van der Waals surface area contributed by atoms with Gasteiger partial charge >= 0.3 is 0 Å². The molecule has 0 bridgehead atoms. The van der Waals surface area contributed by atoms with Crippen LogP contribution >= 0.6 is 0 Å². The highest BCUT2D eigenvalue weighted by Gasteiger charge is 2.37. The number of rotatable bonds is 7. The van der Waals surface area contributed by atoms with Crippen molar-refractivity contribution in [2.24, 2.45) is 0 Å². The Morgan fingerprint density at radius 3 is 2.37 bits per heavy atom. The third kappa shape index (κ3) is 6.32. The molecule has 0 spiro atoms. The Kier molecular flexibility index (Phi) is 8.25. The van der Waals surface area contributed by atoms with Crippen molar-refractivity contribution in [1.82, 2.24) is 19.4 Å².